The van der Waals surface area contributed by atoms with Gasteiger partial charge in [-0.15, -0.1) is 0 Å². The molecule has 1 aliphatic rings. The minimum atomic E-state index is -1.55. The topological polar surface area (TPSA) is 82.9 Å². The van der Waals surface area contributed by atoms with E-state index in [1.54, 1.807) is 6.07 Å². The molecule has 7 heteroatoms. The number of amides is 1. The third-order valence-electron chi connectivity index (χ3n) is 2.73. The number of carbonyl (C=O) groups excluding carboxylic acids is 1. The second-order valence-electron chi connectivity index (χ2n) is 5.58. The van der Waals surface area contributed by atoms with Crippen molar-refractivity contribution in [3.05, 3.63) is 23.5 Å². The van der Waals surface area contributed by atoms with Gasteiger partial charge in [0.1, 0.15) is 5.60 Å². The summed E-state index contributed by atoms with van der Waals surface area (Å²) in [7, 11) is -1.55. The van der Waals surface area contributed by atoms with Crippen molar-refractivity contribution < 1.29 is 19.6 Å². The van der Waals surface area contributed by atoms with Crippen LogP contribution in [0.3, 0.4) is 0 Å². The second-order valence-corrected chi connectivity index (χ2v) is 5.58. The van der Waals surface area contributed by atoms with E-state index in [4.69, 9.17) is 14.8 Å². The molecule has 2 rings (SSSR count). The molecule has 0 atom stereocenters. The molecule has 0 aliphatic carbocycles. The van der Waals surface area contributed by atoms with E-state index in [1.165, 1.54) is 11.1 Å². The number of nitrogens with zero attached hydrogens (tertiary/aromatic N) is 2. The second kappa shape index (κ2) is 4.83. The lowest BCUT2D eigenvalue weighted by Gasteiger charge is -2.23. The summed E-state index contributed by atoms with van der Waals surface area (Å²) < 4.78 is 5.29. The van der Waals surface area contributed by atoms with Gasteiger partial charge in [-0.05, 0) is 26.3 Å². The monoisotopic (exact) mass is 264 g/mol. The normalized spacial score (nSPS) is 14.3. The Morgan fingerprint density at radius 3 is 2.68 bits per heavy atom. The Morgan fingerprint density at radius 1 is 1.42 bits per heavy atom. The number of pyridine rings is 1. The summed E-state index contributed by atoms with van der Waals surface area (Å²) >= 11 is 0. The molecule has 1 amide bonds. The first kappa shape index (κ1) is 13.8. The lowest BCUT2D eigenvalue weighted by atomic mass is 9.81. The maximum absolute atomic E-state index is 11.9. The van der Waals surface area contributed by atoms with Gasteiger partial charge in [0.05, 0.1) is 18.8 Å². The molecule has 2 heterocycles. The summed E-state index contributed by atoms with van der Waals surface area (Å²) in [4.78, 5) is 17.6. The smallest absolute Gasteiger partial charge is 0.444 e. The van der Waals surface area contributed by atoms with Crippen LogP contribution in [-0.2, 0) is 17.8 Å². The van der Waals surface area contributed by atoms with Gasteiger partial charge >= 0.3 is 13.2 Å². The number of rotatable bonds is 1. The SMILES string of the molecule is CC(C)(C)OC(=O)N1Cc2cc(B(O)O)cnc2C1. The fourth-order valence-corrected chi connectivity index (χ4v) is 1.88. The molecular weight excluding hydrogens is 247 g/mol. The van der Waals surface area contributed by atoms with Crippen molar-refractivity contribution in [2.24, 2.45) is 0 Å². The Labute approximate surface area is 112 Å². The molecule has 0 saturated heterocycles. The molecule has 102 valence electrons. The van der Waals surface area contributed by atoms with Crippen molar-refractivity contribution in [1.82, 2.24) is 9.88 Å². The highest BCUT2D eigenvalue weighted by Crippen LogP contribution is 2.22. The summed E-state index contributed by atoms with van der Waals surface area (Å²) in [5.74, 6) is 0. The van der Waals surface area contributed by atoms with Crippen molar-refractivity contribution in [1.29, 1.82) is 0 Å². The lowest BCUT2D eigenvalue weighted by molar-refractivity contribution is 0.0240. The van der Waals surface area contributed by atoms with Crippen LogP contribution in [0.5, 0.6) is 0 Å². The van der Waals surface area contributed by atoms with Crippen LogP contribution in [0.2, 0.25) is 0 Å². The van der Waals surface area contributed by atoms with Crippen molar-refractivity contribution in [2.45, 2.75) is 39.5 Å². The highest BCUT2D eigenvalue weighted by atomic mass is 16.6. The first-order chi connectivity index (χ1) is 8.76. The van der Waals surface area contributed by atoms with Gasteiger partial charge in [-0.25, -0.2) is 4.79 Å². The van der Waals surface area contributed by atoms with E-state index in [2.05, 4.69) is 4.98 Å². The summed E-state index contributed by atoms with van der Waals surface area (Å²) in [5, 5.41) is 18.2. The number of hydrogen-bond donors (Lipinski definition) is 2. The van der Waals surface area contributed by atoms with Crippen molar-refractivity contribution in [3.63, 3.8) is 0 Å². The number of ether oxygens (including phenoxy) is 1. The molecule has 0 spiro atoms. The van der Waals surface area contributed by atoms with Crippen LogP contribution in [0.25, 0.3) is 0 Å². The van der Waals surface area contributed by atoms with Crippen LogP contribution >= 0.6 is 0 Å². The Balaban J connectivity index is 2.10. The first-order valence-electron chi connectivity index (χ1n) is 6.08. The van der Waals surface area contributed by atoms with Gasteiger partial charge in [-0.1, -0.05) is 6.07 Å². The van der Waals surface area contributed by atoms with Gasteiger partial charge in [-0.3, -0.25) is 9.88 Å². The van der Waals surface area contributed by atoms with Crippen LogP contribution in [0.1, 0.15) is 32.0 Å². The minimum Gasteiger partial charge on any atom is -0.444 e. The molecule has 1 aliphatic heterocycles. The van der Waals surface area contributed by atoms with Crippen molar-refractivity contribution in [3.8, 4) is 0 Å². The number of aromatic nitrogens is 1. The summed E-state index contributed by atoms with van der Waals surface area (Å²) in [5.41, 5.74) is 1.36. The summed E-state index contributed by atoms with van der Waals surface area (Å²) in [6, 6.07) is 1.65. The van der Waals surface area contributed by atoms with Gasteiger partial charge in [0.25, 0.3) is 0 Å². The van der Waals surface area contributed by atoms with E-state index in [1.807, 2.05) is 20.8 Å². The molecule has 0 radical (unpaired) electrons. The average Bonchev–Trinajstić information content (AvgIpc) is 2.68. The van der Waals surface area contributed by atoms with E-state index in [-0.39, 0.29) is 0 Å². The zero-order valence-electron chi connectivity index (χ0n) is 11.3. The molecular formula is C12H17BN2O4. The average molecular weight is 264 g/mol. The van der Waals surface area contributed by atoms with Gasteiger partial charge in [0, 0.05) is 11.7 Å². The highest BCUT2D eigenvalue weighted by Gasteiger charge is 2.29. The van der Waals surface area contributed by atoms with E-state index in [0.717, 1.165) is 11.3 Å². The van der Waals surface area contributed by atoms with Crippen LogP contribution in [0.15, 0.2) is 12.3 Å². The third kappa shape index (κ3) is 3.24. The van der Waals surface area contributed by atoms with Gasteiger partial charge in [-0.2, -0.15) is 0 Å². The van der Waals surface area contributed by atoms with Gasteiger partial charge < -0.3 is 14.8 Å². The number of hydrogen-bond acceptors (Lipinski definition) is 5. The van der Waals surface area contributed by atoms with Crippen molar-refractivity contribution >= 4 is 18.7 Å². The van der Waals surface area contributed by atoms with E-state index < -0.39 is 18.8 Å². The maximum Gasteiger partial charge on any atom is 0.490 e. The molecule has 1 aromatic rings. The first-order valence-corrected chi connectivity index (χ1v) is 6.08. The Hall–Kier alpha value is -1.60. The number of fused-ring (bicyclic) bond motifs is 1. The maximum atomic E-state index is 11.9. The molecule has 0 aromatic carbocycles. The van der Waals surface area contributed by atoms with Crippen LogP contribution in [0.4, 0.5) is 4.79 Å². The van der Waals surface area contributed by atoms with Gasteiger partial charge in [0.2, 0.25) is 0 Å². The zero-order valence-corrected chi connectivity index (χ0v) is 11.3. The molecule has 0 bridgehead atoms. The molecule has 0 fully saturated rings. The van der Waals surface area contributed by atoms with Crippen LogP contribution in [0, 0.1) is 0 Å². The molecule has 0 saturated carbocycles. The quantitative estimate of drug-likeness (QED) is 0.698. The molecule has 1 aromatic heterocycles. The number of carbonyl (C=O) groups is 1. The standard InChI is InChI=1S/C12H17BN2O4/c1-12(2,3)19-11(16)15-6-8-4-9(13(17)18)5-14-10(8)7-15/h4-5,17-18H,6-7H2,1-3H3. The zero-order chi connectivity index (χ0) is 14.2. The van der Waals surface area contributed by atoms with Crippen molar-refractivity contribution in [2.75, 3.05) is 0 Å². The lowest BCUT2D eigenvalue weighted by Crippen LogP contribution is -2.33. The van der Waals surface area contributed by atoms with E-state index >= 15 is 0 Å². The summed E-state index contributed by atoms with van der Waals surface area (Å²) in [6.45, 7) is 6.19. The minimum absolute atomic E-state index is 0.324. The largest absolute Gasteiger partial charge is 0.490 e. The molecule has 6 nitrogen and oxygen atoms in total. The molecule has 2 N–H and O–H groups in total. The van der Waals surface area contributed by atoms with Crippen LogP contribution < -0.4 is 5.46 Å². The molecule has 0 unspecified atom stereocenters. The molecule has 19 heavy (non-hydrogen) atoms. The van der Waals surface area contributed by atoms with E-state index in [9.17, 15) is 4.79 Å². The highest BCUT2D eigenvalue weighted by molar-refractivity contribution is 6.58. The predicted octanol–water partition coefficient (Wildman–Crippen LogP) is 0.0121. The Morgan fingerprint density at radius 2 is 2.11 bits per heavy atom. The van der Waals surface area contributed by atoms with Crippen LogP contribution in [-0.4, -0.2) is 38.7 Å². The fourth-order valence-electron chi connectivity index (χ4n) is 1.88. The Bertz CT molecular complexity index is 499. The Kier molecular flexibility index (Phi) is 3.51. The van der Waals surface area contributed by atoms with Gasteiger partial charge in [0.15, 0.2) is 0 Å². The van der Waals surface area contributed by atoms with E-state index in [0.29, 0.717) is 18.6 Å². The summed E-state index contributed by atoms with van der Waals surface area (Å²) in [6.07, 6.45) is 1.01. The third-order valence-corrected chi connectivity index (χ3v) is 2.73. The fraction of sp³-hybridized carbons (Fsp3) is 0.500. The predicted molar refractivity (Wildman–Crippen MR) is 69.5 cm³/mol.